The molecule has 2 fully saturated rings. The number of aliphatic hydroxyl groups excluding tert-OH is 1. The first-order valence-corrected chi connectivity index (χ1v) is 14.3. The summed E-state index contributed by atoms with van der Waals surface area (Å²) in [5.41, 5.74) is 0.465. The predicted octanol–water partition coefficient (Wildman–Crippen LogP) is 2.18. The molecule has 5 rings (SSSR count). The van der Waals surface area contributed by atoms with Crippen LogP contribution in [0.1, 0.15) is 30.5 Å². The first-order chi connectivity index (χ1) is 19.1. The van der Waals surface area contributed by atoms with Gasteiger partial charge >= 0.3 is 5.97 Å². The third-order valence-electron chi connectivity index (χ3n) is 7.63. The van der Waals surface area contributed by atoms with E-state index in [0.29, 0.717) is 61.4 Å². The maximum absolute atomic E-state index is 14.5. The van der Waals surface area contributed by atoms with Gasteiger partial charge in [0.05, 0.1) is 36.5 Å². The molecule has 4 heterocycles. The van der Waals surface area contributed by atoms with E-state index in [2.05, 4.69) is 20.1 Å². The molecule has 0 amide bonds. The predicted molar refractivity (Wildman–Crippen MR) is 149 cm³/mol. The average Bonchev–Trinajstić information content (AvgIpc) is 3.60. The molecule has 13 heteroatoms. The van der Waals surface area contributed by atoms with Gasteiger partial charge in [-0.3, -0.25) is 14.8 Å². The van der Waals surface area contributed by atoms with Crippen LogP contribution in [0.25, 0.3) is 0 Å². The Morgan fingerprint density at radius 1 is 1.38 bits per heavy atom. The molecule has 0 aliphatic carbocycles. The first kappa shape index (κ1) is 29.1. The molecule has 0 radical (unpaired) electrons. The van der Waals surface area contributed by atoms with Crippen molar-refractivity contribution in [3.8, 4) is 0 Å². The number of fused-ring (bicyclic) bond motifs is 1. The normalized spacial score (nSPS) is 24.2. The van der Waals surface area contributed by atoms with Crippen molar-refractivity contribution in [1.82, 2.24) is 20.1 Å². The molecule has 1 aromatic heterocycles. The number of ether oxygens (including phenoxy) is 2. The Bertz CT molecular complexity index is 1300. The highest BCUT2D eigenvalue weighted by Crippen LogP contribution is 2.38. The Morgan fingerprint density at radius 3 is 2.88 bits per heavy atom. The number of aromatic nitrogens is 1. The summed E-state index contributed by atoms with van der Waals surface area (Å²) in [4.78, 5) is 26.8. The highest BCUT2D eigenvalue weighted by Gasteiger charge is 2.43. The fraction of sp³-hybridized carbons (Fsp3) is 0.519. The number of benzene rings is 1. The van der Waals surface area contributed by atoms with Crippen LogP contribution in [0.2, 0.25) is 5.02 Å². The number of hydrogen-bond donors (Lipinski definition) is 3. The molecule has 3 aliphatic heterocycles. The van der Waals surface area contributed by atoms with Gasteiger partial charge in [-0.25, -0.2) is 14.2 Å². The van der Waals surface area contributed by atoms with Crippen LogP contribution in [0.4, 0.5) is 4.39 Å². The maximum Gasteiger partial charge on any atom is 0.338 e. The molecular weight excluding hydrogens is 561 g/mol. The minimum Gasteiger partial charge on any atom is -0.466 e. The Balaban J connectivity index is 1.49. The van der Waals surface area contributed by atoms with Crippen LogP contribution < -0.4 is 5.32 Å². The lowest BCUT2D eigenvalue weighted by Gasteiger charge is -2.39. The summed E-state index contributed by atoms with van der Waals surface area (Å²) in [5, 5.41) is 25.3. The van der Waals surface area contributed by atoms with Crippen molar-refractivity contribution in [2.75, 3.05) is 46.4 Å². The van der Waals surface area contributed by atoms with Gasteiger partial charge in [0.15, 0.2) is 17.1 Å². The zero-order valence-corrected chi connectivity index (χ0v) is 24.1. The van der Waals surface area contributed by atoms with E-state index in [1.165, 1.54) is 30.6 Å². The maximum atomic E-state index is 14.5. The second-order valence-corrected chi connectivity index (χ2v) is 12.1. The van der Waals surface area contributed by atoms with Gasteiger partial charge in [-0.2, -0.15) is 0 Å². The third kappa shape index (κ3) is 5.80. The summed E-state index contributed by atoms with van der Waals surface area (Å²) in [6.45, 7) is 6.91. The van der Waals surface area contributed by atoms with Crippen molar-refractivity contribution in [2.24, 2.45) is 10.4 Å². The van der Waals surface area contributed by atoms with E-state index in [9.17, 15) is 19.4 Å². The van der Waals surface area contributed by atoms with E-state index in [-0.39, 0.29) is 22.7 Å². The van der Waals surface area contributed by atoms with Crippen LogP contribution in [0.5, 0.6) is 0 Å². The molecule has 2 aromatic rings. The van der Waals surface area contributed by atoms with Gasteiger partial charge in [0, 0.05) is 61.0 Å². The summed E-state index contributed by atoms with van der Waals surface area (Å²) >= 11 is 7.78. The lowest BCUT2D eigenvalue weighted by Crippen LogP contribution is -2.53. The number of carbonyl (C=O) groups is 1. The molecule has 1 aromatic carbocycles. The van der Waals surface area contributed by atoms with Crippen molar-refractivity contribution >= 4 is 34.7 Å². The number of carbonyl (C=O) groups excluding carboxylic acids is 1. The fourth-order valence-corrected chi connectivity index (χ4v) is 6.31. The number of methoxy groups -OCH3 is 1. The summed E-state index contributed by atoms with van der Waals surface area (Å²) < 4.78 is 25.8. The lowest BCUT2D eigenvalue weighted by molar-refractivity contribution is -0.136. The van der Waals surface area contributed by atoms with Crippen molar-refractivity contribution in [3.05, 3.63) is 62.5 Å². The molecule has 10 nitrogen and oxygen atoms in total. The molecule has 0 saturated carbocycles. The number of nitrogens with one attached hydrogen (secondary N) is 1. The van der Waals surface area contributed by atoms with E-state index >= 15 is 0 Å². The highest BCUT2D eigenvalue weighted by atomic mass is 35.5. The number of nitrogens with zero attached hydrogens (tertiary/aromatic N) is 4. The van der Waals surface area contributed by atoms with Gasteiger partial charge in [-0.05, 0) is 6.07 Å². The van der Waals surface area contributed by atoms with Crippen LogP contribution in [-0.2, 0) is 14.3 Å². The number of likely N-dealkylation sites (tertiary alicyclic amines) is 1. The molecule has 3 N–H and O–H groups in total. The Labute approximate surface area is 241 Å². The third-order valence-corrected chi connectivity index (χ3v) is 8.80. The zero-order valence-electron chi connectivity index (χ0n) is 22.5. The van der Waals surface area contributed by atoms with E-state index in [1.807, 2.05) is 19.2 Å². The monoisotopic (exact) mass is 593 g/mol. The molecule has 0 unspecified atom stereocenters. The summed E-state index contributed by atoms with van der Waals surface area (Å²) in [5.74, 6) is -0.738. The molecule has 40 heavy (non-hydrogen) atoms. The number of hydrogen-bond acceptors (Lipinski definition) is 11. The minimum absolute atomic E-state index is 0.00645. The van der Waals surface area contributed by atoms with Gasteiger partial charge < -0.3 is 25.0 Å². The second kappa shape index (κ2) is 11.8. The number of aliphatic imine (C=N–C) groups is 1. The van der Waals surface area contributed by atoms with Crippen molar-refractivity contribution in [2.45, 2.75) is 38.3 Å². The largest absolute Gasteiger partial charge is 0.466 e. The van der Waals surface area contributed by atoms with E-state index in [4.69, 9.17) is 26.1 Å². The quantitative estimate of drug-likeness (QED) is 0.312. The average molecular weight is 594 g/mol. The standard InChI is InChI=1S/C27H33ClFN5O5S/c1-27(2,26(36)37)14-33-12-18-19(13-33)39-9-8-34(18)11-17-20(25(35)38-3)22(15-5-4-6-16(29)21(15)28)32-23(31-17)24-30-7-10-40-24/h4-7,10,18-19,22,26,36-37H,8-9,11-14H2,1-3H3,(H,31,32)/t18-,19+,22+/m1/s1. The number of aliphatic hydroxyl groups is 2. The smallest absolute Gasteiger partial charge is 0.338 e. The van der Waals surface area contributed by atoms with E-state index in [1.54, 1.807) is 12.3 Å². The van der Waals surface area contributed by atoms with Gasteiger partial charge in [0.1, 0.15) is 11.9 Å². The molecule has 3 atom stereocenters. The zero-order chi connectivity index (χ0) is 28.6. The second-order valence-electron chi connectivity index (χ2n) is 10.9. The fourth-order valence-electron chi connectivity index (χ4n) is 5.50. The molecule has 216 valence electrons. The van der Waals surface area contributed by atoms with Crippen molar-refractivity contribution in [3.63, 3.8) is 0 Å². The first-order valence-electron chi connectivity index (χ1n) is 13.0. The number of morpholine rings is 1. The van der Waals surface area contributed by atoms with Gasteiger partial charge in [0.2, 0.25) is 0 Å². The number of esters is 1. The molecule has 0 bridgehead atoms. The Kier molecular flexibility index (Phi) is 8.58. The van der Waals surface area contributed by atoms with Gasteiger partial charge in [-0.15, -0.1) is 11.3 Å². The molecule has 3 aliphatic rings. The Morgan fingerprint density at radius 2 is 2.17 bits per heavy atom. The van der Waals surface area contributed by atoms with Crippen LogP contribution in [0.3, 0.4) is 0 Å². The van der Waals surface area contributed by atoms with E-state index < -0.39 is 29.5 Å². The molecule has 0 spiro atoms. The number of rotatable bonds is 8. The van der Waals surface area contributed by atoms with Crippen molar-refractivity contribution in [1.29, 1.82) is 0 Å². The SMILES string of the molecule is COC(=O)C1=C(CN2CCO[C@H]3CN(CC(C)(C)C(O)O)C[C@H]32)NC(c2nccs2)=N[C@H]1c1cccc(F)c1Cl. The van der Waals surface area contributed by atoms with Gasteiger partial charge in [0.25, 0.3) is 0 Å². The lowest BCUT2D eigenvalue weighted by atomic mass is 9.92. The minimum atomic E-state index is -1.44. The molecular formula is C27H33ClFN5O5S. The van der Waals surface area contributed by atoms with Crippen LogP contribution in [0, 0.1) is 11.2 Å². The van der Waals surface area contributed by atoms with Crippen molar-refractivity contribution < 1.29 is 28.9 Å². The van der Waals surface area contributed by atoms with Crippen LogP contribution in [0.15, 0.2) is 46.0 Å². The number of halogens is 2. The summed E-state index contributed by atoms with van der Waals surface area (Å²) in [6, 6.07) is 3.55. The highest BCUT2D eigenvalue weighted by molar-refractivity contribution is 7.11. The number of amidine groups is 1. The molecule has 2 saturated heterocycles. The van der Waals surface area contributed by atoms with Crippen LogP contribution in [-0.4, -0.2) is 102 Å². The summed E-state index contributed by atoms with van der Waals surface area (Å²) in [6.07, 6.45) is 0.145. The van der Waals surface area contributed by atoms with Gasteiger partial charge in [-0.1, -0.05) is 37.6 Å². The Hall–Kier alpha value is -2.45. The van der Waals surface area contributed by atoms with E-state index in [0.717, 1.165) is 0 Å². The topological polar surface area (TPSA) is 120 Å². The summed E-state index contributed by atoms with van der Waals surface area (Å²) in [7, 11) is 1.30. The number of thiazole rings is 1. The van der Waals surface area contributed by atoms with Crippen LogP contribution >= 0.6 is 22.9 Å².